The molecule has 0 aromatic heterocycles. The number of hydrogen-bond donors (Lipinski definition) is 0. The van der Waals surface area contributed by atoms with E-state index in [0.29, 0.717) is 19.3 Å². The summed E-state index contributed by atoms with van der Waals surface area (Å²) < 4.78 is 49.8. The lowest BCUT2D eigenvalue weighted by atomic mass is 10.2. The van der Waals surface area contributed by atoms with Gasteiger partial charge in [-0.15, -0.1) is 0 Å². The van der Waals surface area contributed by atoms with Crippen LogP contribution in [-0.4, -0.2) is 53.9 Å². The van der Waals surface area contributed by atoms with E-state index in [4.69, 9.17) is 0 Å². The van der Waals surface area contributed by atoms with Crippen LogP contribution in [0.1, 0.15) is 51.9 Å². The molecule has 0 unspecified atom stereocenters. The molecule has 0 rings (SSSR count). The average molecular weight is 342 g/mol. The van der Waals surface area contributed by atoms with Crippen LogP contribution in [-0.2, 0) is 20.0 Å². The minimum atomic E-state index is -3.87. The summed E-state index contributed by atoms with van der Waals surface area (Å²) in [6.45, 7) is 2.86. The Morgan fingerprint density at radius 2 is 1.24 bits per heavy atom. The average Bonchev–Trinajstić information content (AvgIpc) is 2.33. The fourth-order valence-corrected chi connectivity index (χ4v) is 4.97. The van der Waals surface area contributed by atoms with Gasteiger partial charge >= 0.3 is 0 Å². The second kappa shape index (κ2) is 10.5. The lowest BCUT2D eigenvalue weighted by molar-refractivity contribution is 0.398. The van der Waals surface area contributed by atoms with Gasteiger partial charge in [-0.1, -0.05) is 32.6 Å². The molecule has 21 heavy (non-hydrogen) atoms. The molecule has 128 valence electrons. The van der Waals surface area contributed by atoms with Crippen LogP contribution in [0.15, 0.2) is 0 Å². The molecule has 0 radical (unpaired) electrons. The molecule has 0 aliphatic carbocycles. The van der Waals surface area contributed by atoms with Crippen molar-refractivity contribution >= 4 is 20.0 Å². The van der Waals surface area contributed by atoms with Gasteiger partial charge in [-0.05, 0) is 39.9 Å². The van der Waals surface area contributed by atoms with E-state index in [0.717, 1.165) is 32.2 Å². The molecular weight excluding hydrogens is 312 g/mol. The van der Waals surface area contributed by atoms with Gasteiger partial charge in [-0.25, -0.2) is 16.8 Å². The number of nitrogens with zero attached hydrogens (tertiary/aromatic N) is 2. The highest BCUT2D eigenvalue weighted by atomic mass is 32.3. The fraction of sp³-hybridized carbons (Fsp3) is 1.00. The van der Waals surface area contributed by atoms with Crippen molar-refractivity contribution in [2.24, 2.45) is 0 Å². The first-order valence-corrected chi connectivity index (χ1v) is 10.7. The SMILES string of the molecule is CCCCCCCS(=O)(=O)[N-]S(=O)(=O)CCCCN(C)C. The first kappa shape index (κ1) is 20.8. The van der Waals surface area contributed by atoms with E-state index < -0.39 is 20.0 Å². The van der Waals surface area contributed by atoms with Crippen LogP contribution >= 0.6 is 0 Å². The molecule has 0 fully saturated rings. The predicted molar refractivity (Wildman–Crippen MR) is 87.5 cm³/mol. The van der Waals surface area contributed by atoms with E-state index in [-0.39, 0.29) is 11.5 Å². The van der Waals surface area contributed by atoms with Gasteiger partial charge in [0, 0.05) is 11.5 Å². The normalized spacial score (nSPS) is 13.0. The molecule has 0 aromatic rings. The highest BCUT2D eigenvalue weighted by molar-refractivity contribution is 8.12. The maximum atomic E-state index is 11.7. The maximum Gasteiger partial charge on any atom is 0.0830 e. The molecule has 0 saturated carbocycles. The summed E-state index contributed by atoms with van der Waals surface area (Å²) in [6.07, 6.45) is 5.53. The van der Waals surface area contributed by atoms with E-state index >= 15 is 0 Å². The fourth-order valence-electron chi connectivity index (χ4n) is 1.85. The van der Waals surface area contributed by atoms with E-state index in [1.807, 2.05) is 19.0 Å². The largest absolute Gasteiger partial charge is 0.436 e. The summed E-state index contributed by atoms with van der Waals surface area (Å²) >= 11 is 0. The van der Waals surface area contributed by atoms with Crippen LogP contribution in [0.3, 0.4) is 0 Å². The van der Waals surface area contributed by atoms with E-state index in [1.165, 1.54) is 0 Å². The van der Waals surface area contributed by atoms with Crippen LogP contribution in [0.2, 0.25) is 0 Å². The van der Waals surface area contributed by atoms with Crippen LogP contribution in [0.4, 0.5) is 0 Å². The van der Waals surface area contributed by atoms with Crippen molar-refractivity contribution in [2.45, 2.75) is 51.9 Å². The molecule has 0 aromatic carbocycles. The highest BCUT2D eigenvalue weighted by Gasteiger charge is 2.08. The Morgan fingerprint density at radius 1 is 0.762 bits per heavy atom. The van der Waals surface area contributed by atoms with Crippen molar-refractivity contribution in [2.75, 3.05) is 32.1 Å². The van der Waals surface area contributed by atoms with Crippen LogP contribution in [0.5, 0.6) is 0 Å². The summed E-state index contributed by atoms with van der Waals surface area (Å²) in [7, 11) is -3.91. The van der Waals surface area contributed by atoms with E-state index in [2.05, 4.69) is 11.1 Å². The Balaban J connectivity index is 4.05. The molecule has 0 aliphatic rings. The molecular formula is C13H29N2O4S2-. The second-order valence-corrected chi connectivity index (χ2v) is 9.31. The van der Waals surface area contributed by atoms with Gasteiger partial charge in [-0.2, -0.15) is 0 Å². The van der Waals surface area contributed by atoms with Crippen molar-refractivity contribution in [3.05, 3.63) is 4.13 Å². The maximum absolute atomic E-state index is 11.7. The molecule has 0 bridgehead atoms. The zero-order chi connectivity index (χ0) is 16.4. The predicted octanol–water partition coefficient (Wildman–Crippen LogP) is 2.33. The molecule has 6 nitrogen and oxygen atoms in total. The Labute approximate surface area is 130 Å². The first-order valence-electron chi connectivity index (χ1n) is 7.53. The van der Waals surface area contributed by atoms with Crippen LogP contribution in [0.25, 0.3) is 4.13 Å². The summed E-state index contributed by atoms with van der Waals surface area (Å²) in [6, 6.07) is 0. The van der Waals surface area contributed by atoms with Gasteiger partial charge in [0.15, 0.2) is 0 Å². The third-order valence-corrected chi connectivity index (χ3v) is 6.42. The second-order valence-electron chi connectivity index (χ2n) is 5.57. The van der Waals surface area contributed by atoms with Crippen molar-refractivity contribution in [3.8, 4) is 0 Å². The van der Waals surface area contributed by atoms with Crippen LogP contribution in [0, 0.1) is 0 Å². The lowest BCUT2D eigenvalue weighted by Crippen LogP contribution is -2.16. The number of hydrogen-bond acceptors (Lipinski definition) is 5. The van der Waals surface area contributed by atoms with Gasteiger partial charge in [0.05, 0.1) is 20.0 Å². The number of rotatable bonds is 13. The molecule has 0 saturated heterocycles. The Hall–Kier alpha value is -0.180. The van der Waals surface area contributed by atoms with Gasteiger partial charge in [0.25, 0.3) is 0 Å². The minimum Gasteiger partial charge on any atom is -0.436 e. The van der Waals surface area contributed by atoms with Gasteiger partial charge < -0.3 is 9.03 Å². The van der Waals surface area contributed by atoms with Gasteiger partial charge in [0.1, 0.15) is 0 Å². The summed E-state index contributed by atoms with van der Waals surface area (Å²) in [4.78, 5) is 1.96. The molecule has 0 atom stereocenters. The van der Waals surface area contributed by atoms with Crippen molar-refractivity contribution < 1.29 is 16.8 Å². The van der Waals surface area contributed by atoms with E-state index in [1.54, 1.807) is 0 Å². The molecule has 0 amide bonds. The quantitative estimate of drug-likeness (QED) is 0.480. The van der Waals surface area contributed by atoms with E-state index in [9.17, 15) is 16.8 Å². The third kappa shape index (κ3) is 13.2. The molecule has 0 N–H and O–H groups in total. The Bertz CT molecular complexity index is 459. The monoisotopic (exact) mass is 341 g/mol. The zero-order valence-corrected chi connectivity index (χ0v) is 15.0. The first-order chi connectivity index (χ1) is 9.68. The summed E-state index contributed by atoms with van der Waals surface area (Å²) in [5.41, 5.74) is 0. The topological polar surface area (TPSA) is 85.6 Å². The minimum absolute atomic E-state index is 0.173. The smallest absolute Gasteiger partial charge is 0.0830 e. The molecule has 0 spiro atoms. The zero-order valence-electron chi connectivity index (χ0n) is 13.4. The summed E-state index contributed by atoms with van der Waals surface area (Å²) in [5, 5.41) is 0. The molecule has 0 aliphatic heterocycles. The third-order valence-electron chi connectivity index (χ3n) is 2.99. The van der Waals surface area contributed by atoms with Crippen molar-refractivity contribution in [1.29, 1.82) is 0 Å². The van der Waals surface area contributed by atoms with Crippen molar-refractivity contribution in [1.82, 2.24) is 4.90 Å². The van der Waals surface area contributed by atoms with Crippen molar-refractivity contribution in [3.63, 3.8) is 0 Å². The standard InChI is InChI=1S/C13H29N2O4S2/c1-4-5-6-7-9-12-20(16,17)14-21(18,19)13-10-8-11-15(2)3/h4-13H2,1-3H3/q-1. The van der Waals surface area contributed by atoms with Gasteiger partial charge in [0.2, 0.25) is 0 Å². The number of unbranched alkanes of at least 4 members (excludes halogenated alkanes) is 5. The number of sulfonamides is 2. The summed E-state index contributed by atoms with van der Waals surface area (Å²) in [5.74, 6) is -0.371. The highest BCUT2D eigenvalue weighted by Crippen LogP contribution is 2.15. The Kier molecular flexibility index (Phi) is 10.4. The molecule has 0 heterocycles. The Morgan fingerprint density at radius 3 is 1.71 bits per heavy atom. The molecule has 8 heteroatoms. The van der Waals surface area contributed by atoms with Crippen LogP contribution < -0.4 is 0 Å². The lowest BCUT2D eigenvalue weighted by Gasteiger charge is -2.20. The van der Waals surface area contributed by atoms with Gasteiger partial charge in [-0.3, -0.25) is 0 Å².